The summed E-state index contributed by atoms with van der Waals surface area (Å²) in [7, 11) is 0. The highest BCUT2D eigenvalue weighted by atomic mass is 16.5. The summed E-state index contributed by atoms with van der Waals surface area (Å²) in [5.41, 5.74) is 3.26. The zero-order valence-corrected chi connectivity index (χ0v) is 21.3. The molecule has 0 spiro atoms. The number of rotatable bonds is 6. The molecule has 1 saturated heterocycles. The molecule has 0 amide bonds. The Labute approximate surface area is 214 Å². The molecule has 3 aromatic heterocycles. The summed E-state index contributed by atoms with van der Waals surface area (Å²) in [6, 6.07) is 8.66. The molecule has 2 N–H and O–H groups in total. The Morgan fingerprint density at radius 3 is 2.84 bits per heavy atom. The van der Waals surface area contributed by atoms with E-state index in [0.717, 1.165) is 74.0 Å². The van der Waals surface area contributed by atoms with Crippen LogP contribution >= 0.6 is 0 Å². The number of aryl methyl sites for hydroxylation is 1. The first kappa shape index (κ1) is 23.8. The molecule has 9 nitrogen and oxygen atoms in total. The van der Waals surface area contributed by atoms with Gasteiger partial charge < -0.3 is 19.9 Å². The first-order valence-electron chi connectivity index (χ1n) is 13.1. The number of nitrogens with zero attached hydrogens (tertiary/aromatic N) is 4. The van der Waals surface area contributed by atoms with Gasteiger partial charge in [0.05, 0.1) is 18.8 Å². The van der Waals surface area contributed by atoms with Crippen LogP contribution in [0.15, 0.2) is 41.5 Å². The Morgan fingerprint density at radius 2 is 2.08 bits per heavy atom. The summed E-state index contributed by atoms with van der Waals surface area (Å²) in [6.07, 6.45) is 7.80. The summed E-state index contributed by atoms with van der Waals surface area (Å²) in [5.74, 6) is 0.210. The number of carbonyl (C=O) groups is 1. The van der Waals surface area contributed by atoms with Gasteiger partial charge in [-0.15, -0.1) is 0 Å². The smallest absolute Gasteiger partial charge is 0.263 e. The molecule has 2 fully saturated rings. The zero-order chi connectivity index (χ0) is 25.5. The molecular weight excluding hydrogens is 468 g/mol. The first-order valence-corrected chi connectivity index (χ1v) is 13.1. The second-order valence-electron chi connectivity index (χ2n) is 10.2. The maximum atomic E-state index is 13.4. The van der Waals surface area contributed by atoms with E-state index in [4.69, 9.17) is 9.72 Å². The maximum Gasteiger partial charge on any atom is 0.263 e. The molecule has 1 aliphatic carbocycles. The molecule has 9 heteroatoms. The number of nitrogens with one attached hydrogen (secondary N) is 2. The van der Waals surface area contributed by atoms with E-state index in [1.54, 1.807) is 10.8 Å². The number of ether oxygens (including phenoxy) is 1. The lowest BCUT2D eigenvalue weighted by atomic mass is 10.0. The first-order chi connectivity index (χ1) is 18.0. The van der Waals surface area contributed by atoms with Gasteiger partial charge in [-0.3, -0.25) is 14.2 Å². The molecule has 1 aliphatic heterocycles. The number of anilines is 2. The highest BCUT2D eigenvalue weighted by molar-refractivity contribution is 5.99. The van der Waals surface area contributed by atoms with Crippen molar-refractivity contribution in [1.29, 1.82) is 0 Å². The third-order valence-corrected chi connectivity index (χ3v) is 7.69. The van der Waals surface area contributed by atoms with E-state index in [2.05, 4.69) is 44.6 Å². The van der Waals surface area contributed by atoms with E-state index in [1.807, 2.05) is 13.0 Å². The van der Waals surface area contributed by atoms with Crippen molar-refractivity contribution >= 4 is 39.4 Å². The number of ketones is 1. The van der Waals surface area contributed by atoms with Crippen molar-refractivity contribution in [2.24, 2.45) is 0 Å². The molecule has 4 aromatic rings. The van der Waals surface area contributed by atoms with E-state index >= 15 is 0 Å². The van der Waals surface area contributed by atoms with Crippen molar-refractivity contribution < 1.29 is 9.53 Å². The average Bonchev–Trinajstić information content (AvgIpc) is 3.55. The Bertz CT molecular complexity index is 1540. The second kappa shape index (κ2) is 9.72. The van der Waals surface area contributed by atoms with Crippen molar-refractivity contribution in [3.05, 3.63) is 58.1 Å². The van der Waals surface area contributed by atoms with Gasteiger partial charge in [0, 0.05) is 59.5 Å². The molecule has 6 rings (SSSR count). The molecular formula is C28H32N6O3. The van der Waals surface area contributed by atoms with E-state index in [9.17, 15) is 9.59 Å². The molecule has 1 unspecified atom stereocenters. The van der Waals surface area contributed by atoms with Crippen molar-refractivity contribution in [3.63, 3.8) is 0 Å². The van der Waals surface area contributed by atoms with Crippen LogP contribution in [0.25, 0.3) is 21.9 Å². The van der Waals surface area contributed by atoms with Gasteiger partial charge in [-0.2, -0.15) is 4.98 Å². The molecule has 37 heavy (non-hydrogen) atoms. The lowest BCUT2D eigenvalue weighted by molar-refractivity contribution is 0.0718. The van der Waals surface area contributed by atoms with Gasteiger partial charge in [0.25, 0.3) is 5.56 Å². The van der Waals surface area contributed by atoms with Gasteiger partial charge >= 0.3 is 0 Å². The number of hydrogen-bond acceptors (Lipinski definition) is 7. The normalized spacial score (nSPS) is 18.6. The van der Waals surface area contributed by atoms with Crippen LogP contribution in [0.4, 0.5) is 11.6 Å². The Morgan fingerprint density at radius 1 is 1.24 bits per heavy atom. The van der Waals surface area contributed by atoms with Crippen LogP contribution in [0.2, 0.25) is 0 Å². The fraction of sp³-hybridized carbons (Fsp3) is 0.429. The number of carbonyl (C=O) groups excluding carboxylic acids is 1. The average molecular weight is 501 g/mol. The third-order valence-electron chi connectivity index (χ3n) is 7.69. The van der Waals surface area contributed by atoms with Gasteiger partial charge in [0.2, 0.25) is 5.95 Å². The van der Waals surface area contributed by atoms with E-state index in [1.165, 1.54) is 6.92 Å². The summed E-state index contributed by atoms with van der Waals surface area (Å²) in [6.45, 7) is 6.48. The van der Waals surface area contributed by atoms with E-state index < -0.39 is 0 Å². The van der Waals surface area contributed by atoms with Crippen LogP contribution in [0.1, 0.15) is 54.6 Å². The van der Waals surface area contributed by atoms with Crippen LogP contribution in [-0.4, -0.2) is 50.7 Å². The van der Waals surface area contributed by atoms with Gasteiger partial charge in [-0.25, -0.2) is 4.98 Å². The maximum absolute atomic E-state index is 13.4. The number of pyridine rings is 1. The fourth-order valence-electron chi connectivity index (χ4n) is 5.85. The van der Waals surface area contributed by atoms with Crippen LogP contribution in [-0.2, 0) is 11.3 Å². The fourth-order valence-corrected chi connectivity index (χ4v) is 5.85. The third kappa shape index (κ3) is 4.42. The van der Waals surface area contributed by atoms with Crippen molar-refractivity contribution in [2.45, 2.75) is 58.2 Å². The summed E-state index contributed by atoms with van der Waals surface area (Å²) in [5, 5.41) is 8.70. The highest BCUT2D eigenvalue weighted by Crippen LogP contribution is 2.32. The number of hydrogen-bond donors (Lipinski definition) is 2. The van der Waals surface area contributed by atoms with Crippen LogP contribution in [0.5, 0.6) is 0 Å². The number of morpholine rings is 1. The highest BCUT2D eigenvalue weighted by Gasteiger charge is 2.26. The van der Waals surface area contributed by atoms with Crippen molar-refractivity contribution in [3.8, 4) is 0 Å². The number of benzene rings is 1. The van der Waals surface area contributed by atoms with Crippen LogP contribution in [0.3, 0.4) is 0 Å². The van der Waals surface area contributed by atoms with Gasteiger partial charge in [-0.05, 0) is 56.5 Å². The molecule has 192 valence electrons. The lowest BCUT2D eigenvalue weighted by Gasteiger charge is -2.24. The molecule has 0 radical (unpaired) electrons. The minimum atomic E-state index is -0.241. The van der Waals surface area contributed by atoms with E-state index in [0.29, 0.717) is 23.2 Å². The van der Waals surface area contributed by atoms with Crippen LogP contribution < -0.4 is 16.2 Å². The monoisotopic (exact) mass is 500 g/mol. The predicted molar refractivity (Wildman–Crippen MR) is 144 cm³/mol. The minimum Gasteiger partial charge on any atom is -0.378 e. The second-order valence-corrected chi connectivity index (χ2v) is 10.2. The van der Waals surface area contributed by atoms with Crippen molar-refractivity contribution in [1.82, 2.24) is 24.4 Å². The van der Waals surface area contributed by atoms with E-state index in [-0.39, 0.29) is 22.9 Å². The Kier molecular flexibility index (Phi) is 6.26. The standard InChI is InChI=1S/C28H32N6O3/c1-17-23-14-30-28(32-26(23)34(22-5-3-4-6-22)27(36)25(17)18(2)35)31-20-7-8-24-19(13-20)9-11-33(24)15-21-16-37-12-10-29-21/h7-9,11,13-14,21-22,29H,3-6,10,12,15-16H2,1-2H3,(H,30,31,32). The Balaban J connectivity index is 1.34. The molecule has 4 heterocycles. The molecule has 0 bridgehead atoms. The summed E-state index contributed by atoms with van der Waals surface area (Å²) in [4.78, 5) is 35.1. The van der Waals surface area contributed by atoms with Crippen LogP contribution in [0, 0.1) is 6.92 Å². The number of fused-ring (bicyclic) bond motifs is 2. The largest absolute Gasteiger partial charge is 0.378 e. The number of aromatic nitrogens is 4. The quantitative estimate of drug-likeness (QED) is 0.384. The van der Waals surface area contributed by atoms with Gasteiger partial charge in [0.15, 0.2) is 5.78 Å². The topological polar surface area (TPSA) is 103 Å². The SMILES string of the molecule is CC(=O)c1c(C)c2cnc(Nc3ccc4c(ccn4CC4COCCN4)c3)nc2n(C2CCCC2)c1=O. The molecule has 1 aromatic carbocycles. The van der Waals surface area contributed by atoms with Gasteiger partial charge in [0.1, 0.15) is 5.65 Å². The summed E-state index contributed by atoms with van der Waals surface area (Å²) >= 11 is 0. The Hall–Kier alpha value is -3.56. The van der Waals surface area contributed by atoms with Gasteiger partial charge in [-0.1, -0.05) is 12.8 Å². The molecule has 1 saturated carbocycles. The zero-order valence-electron chi connectivity index (χ0n) is 21.3. The minimum absolute atomic E-state index is 0.0524. The number of Topliss-reactive ketones (excluding diaryl/α,β-unsaturated/α-hetero) is 1. The predicted octanol–water partition coefficient (Wildman–Crippen LogP) is 4.10. The summed E-state index contributed by atoms with van der Waals surface area (Å²) < 4.78 is 9.58. The van der Waals surface area contributed by atoms with Crippen molar-refractivity contribution in [2.75, 3.05) is 25.1 Å². The lowest BCUT2D eigenvalue weighted by Crippen LogP contribution is -2.43. The molecule has 1 atom stereocenters. The molecule has 2 aliphatic rings.